The van der Waals surface area contributed by atoms with Crippen molar-refractivity contribution in [1.82, 2.24) is 15.1 Å². The van der Waals surface area contributed by atoms with Gasteiger partial charge in [-0.25, -0.2) is 4.79 Å². The van der Waals surface area contributed by atoms with Crippen LogP contribution in [-0.4, -0.2) is 60.4 Å². The second-order valence-corrected chi connectivity index (χ2v) is 11.8. The number of non-ortho nitro benzene ring substituents is 1. The molecule has 9 heteroatoms. The average molecular weight is 609 g/mol. The van der Waals surface area contributed by atoms with Gasteiger partial charge in [-0.2, -0.15) is 0 Å². The van der Waals surface area contributed by atoms with E-state index in [1.807, 2.05) is 6.92 Å². The van der Waals surface area contributed by atoms with Crippen LogP contribution in [0.2, 0.25) is 0 Å². The molecule has 3 aromatic rings. The average Bonchev–Trinajstić information content (AvgIpc) is 3.07. The topological polar surface area (TPSA) is 105 Å². The fourth-order valence-electron chi connectivity index (χ4n) is 6.97. The Kier molecular flexibility index (Phi) is 9.78. The van der Waals surface area contributed by atoms with E-state index in [0.717, 1.165) is 51.0 Å². The van der Waals surface area contributed by atoms with Crippen molar-refractivity contribution in [2.24, 2.45) is 0 Å². The smallest absolute Gasteiger partial charge is 0.336 e. The Morgan fingerprint density at radius 3 is 2.07 bits per heavy atom. The third kappa shape index (κ3) is 6.54. The molecule has 1 saturated heterocycles. The summed E-state index contributed by atoms with van der Waals surface area (Å²) in [5.41, 5.74) is 5.63. The second kappa shape index (κ2) is 13.9. The maximum absolute atomic E-state index is 13.0. The first kappa shape index (κ1) is 31.7. The summed E-state index contributed by atoms with van der Waals surface area (Å²) in [5, 5.41) is 14.6. The number of ether oxygens (including phenoxy) is 1. The molecule has 1 atom stereocenters. The van der Waals surface area contributed by atoms with Gasteiger partial charge in [-0.1, -0.05) is 72.8 Å². The molecule has 9 nitrogen and oxygen atoms in total. The SMILES string of the molecule is COC(=O)C1=C(C)NC(C)=C(N(C=O)CCCN2CCC(c3ccccc3)(c3ccccc3)CC2)C1c1ccc([N+](=O)[O-])cc1. The van der Waals surface area contributed by atoms with Gasteiger partial charge >= 0.3 is 5.97 Å². The largest absolute Gasteiger partial charge is 0.466 e. The van der Waals surface area contributed by atoms with Crippen molar-refractivity contribution in [1.29, 1.82) is 0 Å². The first-order valence-electron chi connectivity index (χ1n) is 15.4. The summed E-state index contributed by atoms with van der Waals surface area (Å²) in [6.45, 7) is 6.82. The van der Waals surface area contributed by atoms with Gasteiger partial charge in [0.25, 0.3) is 5.69 Å². The summed E-state index contributed by atoms with van der Waals surface area (Å²) in [5.74, 6) is -1.15. The fourth-order valence-corrected chi connectivity index (χ4v) is 6.97. The highest BCUT2D eigenvalue weighted by Gasteiger charge is 2.39. The number of hydrogen-bond donors (Lipinski definition) is 1. The number of benzene rings is 3. The van der Waals surface area contributed by atoms with Crippen LogP contribution in [0.4, 0.5) is 5.69 Å². The van der Waals surface area contributed by atoms with Gasteiger partial charge in [0.1, 0.15) is 0 Å². The lowest BCUT2D eigenvalue weighted by Gasteiger charge is -2.43. The van der Waals surface area contributed by atoms with Crippen LogP contribution in [0, 0.1) is 10.1 Å². The summed E-state index contributed by atoms with van der Waals surface area (Å²) in [4.78, 5) is 40.6. The number of carbonyl (C=O) groups excluding carboxylic acids is 2. The number of piperidine rings is 1. The van der Waals surface area contributed by atoms with E-state index >= 15 is 0 Å². The Hall–Kier alpha value is -4.76. The highest BCUT2D eigenvalue weighted by atomic mass is 16.6. The minimum absolute atomic E-state index is 0.0317. The maximum Gasteiger partial charge on any atom is 0.336 e. The van der Waals surface area contributed by atoms with Gasteiger partial charge in [0.05, 0.1) is 29.2 Å². The van der Waals surface area contributed by atoms with Gasteiger partial charge in [0.15, 0.2) is 0 Å². The molecule has 0 aliphatic carbocycles. The summed E-state index contributed by atoms with van der Waals surface area (Å²) in [6, 6.07) is 27.6. The Morgan fingerprint density at radius 1 is 0.978 bits per heavy atom. The van der Waals surface area contributed by atoms with Crippen LogP contribution in [0.15, 0.2) is 108 Å². The zero-order valence-corrected chi connectivity index (χ0v) is 26.1. The van der Waals surface area contributed by atoms with Crippen LogP contribution in [0.25, 0.3) is 0 Å². The van der Waals surface area contributed by atoms with E-state index in [-0.39, 0.29) is 11.1 Å². The maximum atomic E-state index is 13.0. The van der Waals surface area contributed by atoms with Crippen molar-refractivity contribution in [3.63, 3.8) is 0 Å². The summed E-state index contributed by atoms with van der Waals surface area (Å²) < 4.78 is 5.13. The summed E-state index contributed by atoms with van der Waals surface area (Å²) in [7, 11) is 1.32. The van der Waals surface area contributed by atoms with Gasteiger partial charge in [-0.05, 0) is 69.4 Å². The van der Waals surface area contributed by atoms with Crippen LogP contribution in [0.1, 0.15) is 55.7 Å². The molecule has 1 fully saturated rings. The molecule has 234 valence electrons. The number of nitro benzene ring substituents is 1. The molecule has 0 spiro atoms. The van der Waals surface area contributed by atoms with Gasteiger partial charge in [-0.3, -0.25) is 14.9 Å². The van der Waals surface area contributed by atoms with Crippen LogP contribution in [0.3, 0.4) is 0 Å². The van der Waals surface area contributed by atoms with Crippen molar-refractivity contribution in [2.45, 2.75) is 44.4 Å². The quantitative estimate of drug-likeness (QED) is 0.125. The molecule has 2 heterocycles. The predicted molar refractivity (Wildman–Crippen MR) is 173 cm³/mol. The highest BCUT2D eigenvalue weighted by molar-refractivity contribution is 5.92. The minimum atomic E-state index is -0.628. The number of amides is 1. The molecule has 0 saturated carbocycles. The molecule has 45 heavy (non-hydrogen) atoms. The second-order valence-electron chi connectivity index (χ2n) is 11.8. The van der Waals surface area contributed by atoms with Gasteiger partial charge in [0, 0.05) is 35.5 Å². The van der Waals surface area contributed by atoms with E-state index in [1.165, 1.54) is 30.4 Å². The number of carbonyl (C=O) groups is 2. The van der Waals surface area contributed by atoms with Gasteiger partial charge in [-0.15, -0.1) is 0 Å². The number of rotatable bonds is 11. The molecule has 2 aliphatic rings. The van der Waals surface area contributed by atoms with Crippen molar-refractivity contribution in [3.05, 3.63) is 134 Å². The molecule has 2 aliphatic heterocycles. The number of methoxy groups -OCH3 is 1. The van der Waals surface area contributed by atoms with Crippen LogP contribution >= 0.6 is 0 Å². The molecule has 3 aromatic carbocycles. The zero-order chi connectivity index (χ0) is 32.0. The Morgan fingerprint density at radius 2 is 1.56 bits per heavy atom. The van der Waals surface area contributed by atoms with E-state index in [1.54, 1.807) is 24.0 Å². The minimum Gasteiger partial charge on any atom is -0.466 e. The predicted octanol–water partition coefficient (Wildman–Crippen LogP) is 5.89. The van der Waals surface area contributed by atoms with Gasteiger partial charge < -0.3 is 19.9 Å². The fraction of sp³-hybridized carbons (Fsp3) is 0.333. The monoisotopic (exact) mass is 608 g/mol. The summed E-state index contributed by atoms with van der Waals surface area (Å²) >= 11 is 0. The van der Waals surface area contributed by atoms with E-state index in [2.05, 4.69) is 70.9 Å². The first-order valence-corrected chi connectivity index (χ1v) is 15.4. The third-order valence-corrected chi connectivity index (χ3v) is 9.24. The highest BCUT2D eigenvalue weighted by Crippen LogP contribution is 2.42. The molecule has 0 bridgehead atoms. The molecule has 0 aromatic heterocycles. The summed E-state index contributed by atoms with van der Waals surface area (Å²) in [6.07, 6.45) is 3.55. The van der Waals surface area contributed by atoms with Crippen molar-refractivity contribution < 1.29 is 19.2 Å². The van der Waals surface area contributed by atoms with Crippen LogP contribution in [0.5, 0.6) is 0 Å². The van der Waals surface area contributed by atoms with Gasteiger partial charge in [0.2, 0.25) is 6.41 Å². The van der Waals surface area contributed by atoms with Crippen molar-refractivity contribution in [3.8, 4) is 0 Å². The number of hydrogen-bond acceptors (Lipinski definition) is 7. The number of dihydropyridines is 1. The number of nitrogens with one attached hydrogen (secondary N) is 1. The first-order chi connectivity index (χ1) is 21.8. The van der Waals surface area contributed by atoms with E-state index in [4.69, 9.17) is 4.74 Å². The molecular weight excluding hydrogens is 568 g/mol. The van der Waals surface area contributed by atoms with Crippen LogP contribution < -0.4 is 5.32 Å². The van der Waals surface area contributed by atoms with Crippen LogP contribution in [-0.2, 0) is 19.7 Å². The number of likely N-dealkylation sites (tertiary alicyclic amines) is 1. The molecule has 1 unspecified atom stereocenters. The number of allylic oxidation sites excluding steroid dienone is 3. The third-order valence-electron chi connectivity index (χ3n) is 9.24. The molecule has 0 radical (unpaired) electrons. The Balaban J connectivity index is 1.32. The molecular formula is C36H40N4O5. The molecule has 5 rings (SSSR count). The lowest BCUT2D eigenvalue weighted by molar-refractivity contribution is -0.384. The number of nitro groups is 1. The normalized spacial score (nSPS) is 18.2. The molecule has 1 N–H and O–H groups in total. The molecule has 1 amide bonds. The standard InChI is InChI=1S/C36H40N4O5/c1-26-32(35(42)45-3)33(28-15-17-31(18-16-28)40(43)44)34(27(2)37-26)39(25-41)22-10-21-38-23-19-36(20-24-38,29-11-6-4-7-12-29)30-13-8-5-9-14-30/h4-9,11-18,25,33,37H,10,19-24H2,1-3H3. The van der Waals surface area contributed by atoms with E-state index < -0.39 is 16.8 Å². The zero-order valence-electron chi connectivity index (χ0n) is 26.1. The van der Waals surface area contributed by atoms with Crippen molar-refractivity contribution >= 4 is 18.1 Å². The lowest BCUT2D eigenvalue weighted by atomic mass is 9.68. The number of esters is 1. The Bertz CT molecular complexity index is 1540. The lowest BCUT2D eigenvalue weighted by Crippen LogP contribution is -2.44. The van der Waals surface area contributed by atoms with E-state index in [0.29, 0.717) is 29.1 Å². The Labute approximate surface area is 264 Å². The van der Waals surface area contributed by atoms with Crippen molar-refractivity contribution in [2.75, 3.05) is 33.3 Å². The van der Waals surface area contributed by atoms with E-state index in [9.17, 15) is 19.7 Å². The number of nitrogens with zero attached hydrogens (tertiary/aromatic N) is 3.